The van der Waals surface area contributed by atoms with E-state index in [0.717, 1.165) is 11.3 Å². The Balaban J connectivity index is 1.50. The lowest BCUT2D eigenvalue weighted by molar-refractivity contribution is -0.148. The Morgan fingerprint density at radius 3 is 2.47 bits per heavy atom. The van der Waals surface area contributed by atoms with Gasteiger partial charge in [-0.3, -0.25) is 9.59 Å². The minimum absolute atomic E-state index is 0.0303. The van der Waals surface area contributed by atoms with Crippen LogP contribution in [-0.4, -0.2) is 34.7 Å². The zero-order valence-electron chi connectivity index (χ0n) is 16.7. The van der Waals surface area contributed by atoms with Gasteiger partial charge in [-0.1, -0.05) is 35.0 Å². The number of anilines is 1. The maximum Gasteiger partial charge on any atom is 0.306 e. The summed E-state index contributed by atoms with van der Waals surface area (Å²) in [4.78, 5) is 30.5. The topological polar surface area (TPSA) is 85.5 Å². The molecular formula is C22H22ClN3O4. The minimum Gasteiger partial charge on any atom is -0.456 e. The van der Waals surface area contributed by atoms with Gasteiger partial charge >= 0.3 is 5.97 Å². The first-order valence-corrected chi connectivity index (χ1v) is 9.93. The molecule has 0 radical (unpaired) electrons. The third kappa shape index (κ3) is 5.67. The van der Waals surface area contributed by atoms with Crippen molar-refractivity contribution < 1.29 is 18.8 Å². The predicted octanol–water partition coefficient (Wildman–Crippen LogP) is 4.31. The molecule has 0 aliphatic rings. The number of amides is 1. The van der Waals surface area contributed by atoms with Crippen molar-refractivity contribution in [2.75, 3.05) is 11.5 Å². The number of halogens is 1. The molecule has 30 heavy (non-hydrogen) atoms. The second-order valence-corrected chi connectivity index (χ2v) is 7.31. The Hall–Kier alpha value is -3.19. The Kier molecular flexibility index (Phi) is 7.19. The van der Waals surface area contributed by atoms with E-state index in [1.807, 2.05) is 44.2 Å². The van der Waals surface area contributed by atoms with Crippen LogP contribution < -0.4 is 4.90 Å². The minimum atomic E-state index is -0.508. The normalized spacial score (nSPS) is 10.8. The lowest BCUT2D eigenvalue weighted by Crippen LogP contribution is -2.39. The number of carbonyl (C=O) groups excluding carboxylic acids is 2. The number of aromatic nitrogens is 2. The summed E-state index contributed by atoms with van der Waals surface area (Å²) in [5, 5.41) is 4.52. The third-order valence-corrected chi connectivity index (χ3v) is 4.54. The molecule has 0 unspecified atom stereocenters. The number of ether oxygens (including phenoxy) is 1. The maximum atomic E-state index is 12.5. The van der Waals surface area contributed by atoms with Gasteiger partial charge < -0.3 is 14.2 Å². The number of nitrogens with zero attached hydrogens (tertiary/aromatic N) is 3. The van der Waals surface area contributed by atoms with Gasteiger partial charge in [0.05, 0.1) is 6.42 Å². The molecule has 3 aromatic rings. The quantitative estimate of drug-likeness (QED) is 0.498. The fraction of sp³-hybridized carbons (Fsp3) is 0.273. The molecule has 0 atom stereocenters. The molecule has 0 aliphatic heterocycles. The van der Waals surface area contributed by atoms with Crippen LogP contribution in [0.1, 0.15) is 26.2 Å². The van der Waals surface area contributed by atoms with Crippen LogP contribution in [0, 0.1) is 0 Å². The van der Waals surface area contributed by atoms with Gasteiger partial charge in [0.25, 0.3) is 5.91 Å². The van der Waals surface area contributed by atoms with E-state index in [-0.39, 0.29) is 31.4 Å². The molecule has 0 N–H and O–H groups in total. The molecular weight excluding hydrogens is 406 g/mol. The molecule has 0 spiro atoms. The number of esters is 1. The van der Waals surface area contributed by atoms with Crippen LogP contribution >= 0.6 is 11.6 Å². The van der Waals surface area contributed by atoms with Crippen molar-refractivity contribution >= 4 is 29.2 Å². The highest BCUT2D eigenvalue weighted by molar-refractivity contribution is 6.30. The SMILES string of the molecule is CC(C)N(C(=O)COC(=O)CCc1nc(-c2ccc(Cl)cc2)no1)c1ccccc1. The Morgan fingerprint density at radius 1 is 1.10 bits per heavy atom. The molecule has 2 aromatic carbocycles. The van der Waals surface area contributed by atoms with Gasteiger partial charge in [-0.25, -0.2) is 0 Å². The third-order valence-electron chi connectivity index (χ3n) is 4.29. The van der Waals surface area contributed by atoms with Crippen LogP contribution in [0.4, 0.5) is 5.69 Å². The smallest absolute Gasteiger partial charge is 0.306 e. The highest BCUT2D eigenvalue weighted by Crippen LogP contribution is 2.19. The number of carbonyl (C=O) groups is 2. The van der Waals surface area contributed by atoms with Crippen molar-refractivity contribution in [3.05, 3.63) is 65.5 Å². The van der Waals surface area contributed by atoms with Crippen molar-refractivity contribution in [3.8, 4) is 11.4 Å². The number of hydrogen-bond donors (Lipinski definition) is 0. The van der Waals surface area contributed by atoms with Crippen molar-refractivity contribution in [1.29, 1.82) is 0 Å². The van der Waals surface area contributed by atoms with Crippen LogP contribution in [0.25, 0.3) is 11.4 Å². The van der Waals surface area contributed by atoms with Gasteiger partial charge in [0.15, 0.2) is 6.61 Å². The molecule has 0 saturated heterocycles. The Morgan fingerprint density at radius 2 is 1.80 bits per heavy atom. The molecule has 0 saturated carbocycles. The van der Waals surface area contributed by atoms with E-state index in [4.69, 9.17) is 20.9 Å². The van der Waals surface area contributed by atoms with E-state index in [1.54, 1.807) is 29.2 Å². The summed E-state index contributed by atoms with van der Waals surface area (Å²) in [6.07, 6.45) is 0.253. The van der Waals surface area contributed by atoms with Crippen LogP contribution in [0.15, 0.2) is 59.1 Å². The molecule has 1 heterocycles. The van der Waals surface area contributed by atoms with E-state index in [0.29, 0.717) is 16.7 Å². The highest BCUT2D eigenvalue weighted by Gasteiger charge is 2.20. The number of para-hydroxylation sites is 1. The second-order valence-electron chi connectivity index (χ2n) is 6.87. The summed E-state index contributed by atoms with van der Waals surface area (Å²) in [5.41, 5.74) is 1.52. The van der Waals surface area contributed by atoms with Gasteiger partial charge in [-0.15, -0.1) is 0 Å². The van der Waals surface area contributed by atoms with Crippen LogP contribution in [0.2, 0.25) is 5.02 Å². The molecule has 3 rings (SSSR count). The maximum absolute atomic E-state index is 12.5. The molecule has 8 heteroatoms. The fourth-order valence-electron chi connectivity index (χ4n) is 2.88. The summed E-state index contributed by atoms with van der Waals surface area (Å²) >= 11 is 5.87. The summed E-state index contributed by atoms with van der Waals surface area (Å²) in [6, 6.07) is 16.2. The van der Waals surface area contributed by atoms with Gasteiger partial charge in [-0.05, 0) is 50.2 Å². The molecule has 0 aliphatic carbocycles. The summed E-state index contributed by atoms with van der Waals surface area (Å²) in [6.45, 7) is 3.48. The second kappa shape index (κ2) is 10.0. The first-order chi connectivity index (χ1) is 14.4. The number of benzene rings is 2. The zero-order chi connectivity index (χ0) is 21.5. The molecule has 0 bridgehead atoms. The zero-order valence-corrected chi connectivity index (χ0v) is 17.5. The standard InChI is InChI=1S/C22H22ClN3O4/c1-15(2)26(18-6-4-3-5-7-18)20(27)14-29-21(28)13-12-19-24-22(25-30-19)16-8-10-17(23)11-9-16/h3-11,15H,12-14H2,1-2H3. The predicted molar refractivity (Wildman–Crippen MR) is 113 cm³/mol. The lowest BCUT2D eigenvalue weighted by Gasteiger charge is -2.26. The number of hydrogen-bond acceptors (Lipinski definition) is 6. The Bertz CT molecular complexity index is 987. The average molecular weight is 428 g/mol. The van der Waals surface area contributed by atoms with Crippen molar-refractivity contribution in [2.24, 2.45) is 0 Å². The summed E-state index contributed by atoms with van der Waals surface area (Å²) in [7, 11) is 0. The largest absolute Gasteiger partial charge is 0.456 e. The summed E-state index contributed by atoms with van der Waals surface area (Å²) < 4.78 is 10.3. The van der Waals surface area contributed by atoms with E-state index in [2.05, 4.69) is 10.1 Å². The van der Waals surface area contributed by atoms with Crippen molar-refractivity contribution in [1.82, 2.24) is 10.1 Å². The molecule has 1 amide bonds. The van der Waals surface area contributed by atoms with Gasteiger partial charge in [0.2, 0.25) is 11.7 Å². The van der Waals surface area contributed by atoms with E-state index in [9.17, 15) is 9.59 Å². The number of rotatable bonds is 8. The number of aryl methyl sites for hydroxylation is 1. The van der Waals surface area contributed by atoms with Crippen LogP contribution in [0.5, 0.6) is 0 Å². The fourth-order valence-corrected chi connectivity index (χ4v) is 3.01. The van der Waals surface area contributed by atoms with E-state index < -0.39 is 5.97 Å². The Labute approximate surface area is 179 Å². The molecule has 0 fully saturated rings. The monoisotopic (exact) mass is 427 g/mol. The van der Waals surface area contributed by atoms with Crippen LogP contribution in [0.3, 0.4) is 0 Å². The first-order valence-electron chi connectivity index (χ1n) is 9.55. The van der Waals surface area contributed by atoms with Gasteiger partial charge in [-0.2, -0.15) is 4.98 Å². The van der Waals surface area contributed by atoms with Crippen molar-refractivity contribution in [2.45, 2.75) is 32.7 Å². The van der Waals surface area contributed by atoms with Gasteiger partial charge in [0, 0.05) is 28.7 Å². The highest BCUT2D eigenvalue weighted by atomic mass is 35.5. The van der Waals surface area contributed by atoms with E-state index in [1.165, 1.54) is 0 Å². The van der Waals surface area contributed by atoms with E-state index >= 15 is 0 Å². The molecule has 1 aromatic heterocycles. The van der Waals surface area contributed by atoms with Crippen LogP contribution in [-0.2, 0) is 20.7 Å². The van der Waals surface area contributed by atoms with Crippen molar-refractivity contribution in [3.63, 3.8) is 0 Å². The lowest BCUT2D eigenvalue weighted by atomic mass is 10.2. The first kappa shape index (κ1) is 21.5. The summed E-state index contributed by atoms with van der Waals surface area (Å²) in [5.74, 6) is -0.0595. The molecule has 156 valence electrons. The average Bonchev–Trinajstić information content (AvgIpc) is 3.21. The van der Waals surface area contributed by atoms with Gasteiger partial charge in [0.1, 0.15) is 0 Å². The molecule has 7 nitrogen and oxygen atoms in total.